The number of rotatable bonds is 1. The van der Waals surface area contributed by atoms with E-state index in [1.54, 1.807) is 11.8 Å². The van der Waals surface area contributed by atoms with Gasteiger partial charge in [0.1, 0.15) is 18.1 Å². The fraction of sp³-hybridized carbons (Fsp3) is 0.143. The average molecular weight is 260 g/mol. The first-order valence-electron chi connectivity index (χ1n) is 5.65. The third-order valence-corrected chi connectivity index (χ3v) is 3.16. The summed E-state index contributed by atoms with van der Waals surface area (Å²) >= 11 is 6.03. The molecule has 0 spiro atoms. The van der Waals surface area contributed by atoms with Crippen molar-refractivity contribution in [2.75, 3.05) is 7.11 Å². The predicted octanol–water partition coefficient (Wildman–Crippen LogP) is 2.70. The van der Waals surface area contributed by atoms with Gasteiger partial charge in [-0.2, -0.15) is 0 Å². The van der Waals surface area contributed by atoms with E-state index in [2.05, 4.69) is 4.98 Å². The first-order chi connectivity index (χ1) is 8.69. The molecule has 3 nitrogen and oxygen atoms in total. The van der Waals surface area contributed by atoms with Crippen LogP contribution in [0, 0.1) is 6.92 Å². The average Bonchev–Trinajstić information content (AvgIpc) is 2.36. The van der Waals surface area contributed by atoms with Gasteiger partial charge in [0.25, 0.3) is 11.0 Å². The number of nitrogens with zero attached hydrogens (tertiary/aromatic N) is 2. The van der Waals surface area contributed by atoms with E-state index in [0.717, 1.165) is 27.6 Å². The second-order valence-corrected chi connectivity index (χ2v) is 4.65. The van der Waals surface area contributed by atoms with Gasteiger partial charge in [-0.05, 0) is 30.7 Å². The lowest BCUT2D eigenvalue weighted by molar-refractivity contribution is -0.844. The molecule has 0 saturated carbocycles. The molecule has 0 aliphatic rings. The maximum atomic E-state index is 6.03. The quantitative estimate of drug-likeness (QED) is 0.496. The summed E-state index contributed by atoms with van der Waals surface area (Å²) in [6, 6.07) is 11.7. The summed E-state index contributed by atoms with van der Waals surface area (Å²) in [6.07, 6.45) is 0. The summed E-state index contributed by atoms with van der Waals surface area (Å²) in [4.78, 5) is 10.1. The van der Waals surface area contributed by atoms with Crippen LogP contribution in [0.5, 0.6) is 0 Å². The Morgan fingerprint density at radius 2 is 1.72 bits per heavy atom. The molecule has 0 fully saturated rings. The molecule has 4 heteroatoms. The summed E-state index contributed by atoms with van der Waals surface area (Å²) in [5.41, 5.74) is 4.72. The monoisotopic (exact) mass is 259 g/mol. The number of benzene rings is 2. The minimum Gasteiger partial charge on any atom is -0.273 e. The van der Waals surface area contributed by atoms with E-state index in [1.807, 2.05) is 43.3 Å². The Hall–Kier alpha value is -1.87. The number of aromatic nitrogens is 2. The predicted molar refractivity (Wildman–Crippen MR) is 71.7 cm³/mol. The second-order valence-electron chi connectivity index (χ2n) is 4.21. The Balaban J connectivity index is 2.53. The van der Waals surface area contributed by atoms with Gasteiger partial charge in [-0.1, -0.05) is 17.7 Å². The van der Waals surface area contributed by atoms with Crippen LogP contribution >= 0.6 is 11.6 Å². The van der Waals surface area contributed by atoms with Gasteiger partial charge < -0.3 is 0 Å². The van der Waals surface area contributed by atoms with Crippen LogP contribution in [0.25, 0.3) is 22.1 Å². The van der Waals surface area contributed by atoms with Crippen molar-refractivity contribution >= 4 is 33.7 Å². The molecule has 2 aromatic carbocycles. The lowest BCUT2D eigenvalue weighted by atomic mass is 10.2. The maximum absolute atomic E-state index is 6.03. The Morgan fingerprint density at radius 3 is 2.44 bits per heavy atom. The topological polar surface area (TPSA) is 26.0 Å². The second kappa shape index (κ2) is 4.10. The fourth-order valence-electron chi connectivity index (χ4n) is 2.10. The van der Waals surface area contributed by atoms with E-state index in [-0.39, 0.29) is 0 Å². The molecular formula is C14H12ClN2O+. The zero-order chi connectivity index (χ0) is 12.7. The number of halogens is 1. The number of hydrogen-bond donors (Lipinski definition) is 0. The first-order valence-corrected chi connectivity index (χ1v) is 6.03. The van der Waals surface area contributed by atoms with Crippen LogP contribution in [0.1, 0.15) is 5.56 Å². The van der Waals surface area contributed by atoms with Crippen molar-refractivity contribution in [2.24, 2.45) is 0 Å². The van der Waals surface area contributed by atoms with Crippen molar-refractivity contribution in [1.29, 1.82) is 0 Å². The lowest BCUT2D eigenvalue weighted by Gasteiger charge is -2.02. The molecule has 1 heterocycles. The van der Waals surface area contributed by atoms with E-state index in [0.29, 0.717) is 5.02 Å². The highest BCUT2D eigenvalue weighted by atomic mass is 35.5. The molecule has 0 N–H and O–H groups in total. The van der Waals surface area contributed by atoms with E-state index < -0.39 is 0 Å². The Morgan fingerprint density at radius 1 is 1.06 bits per heavy atom. The molecule has 0 unspecified atom stereocenters. The SMILES string of the molecule is CO[n+]1c2cc(C)ccc2nc2ccc(Cl)cc21. The van der Waals surface area contributed by atoms with Crippen LogP contribution in [-0.2, 0) is 0 Å². The molecule has 3 rings (SSSR count). The van der Waals surface area contributed by atoms with E-state index in [4.69, 9.17) is 16.4 Å². The summed E-state index contributed by atoms with van der Waals surface area (Å²) in [5, 5.41) is 0.669. The van der Waals surface area contributed by atoms with Crippen molar-refractivity contribution in [3.8, 4) is 0 Å². The first kappa shape index (κ1) is 11.2. The zero-order valence-corrected chi connectivity index (χ0v) is 10.9. The largest absolute Gasteiger partial charge is 0.285 e. The highest BCUT2D eigenvalue weighted by Crippen LogP contribution is 2.18. The van der Waals surface area contributed by atoms with E-state index in [1.165, 1.54) is 0 Å². The number of aryl methyl sites for hydroxylation is 1. The minimum atomic E-state index is 0.669. The molecule has 0 bridgehead atoms. The van der Waals surface area contributed by atoms with Crippen molar-refractivity contribution in [3.63, 3.8) is 0 Å². The van der Waals surface area contributed by atoms with Gasteiger partial charge in [0.05, 0.1) is 0 Å². The van der Waals surface area contributed by atoms with Crippen molar-refractivity contribution in [3.05, 3.63) is 47.0 Å². The summed E-state index contributed by atoms with van der Waals surface area (Å²) in [7, 11) is 1.64. The summed E-state index contributed by atoms with van der Waals surface area (Å²) in [5.74, 6) is 0. The van der Waals surface area contributed by atoms with Gasteiger partial charge in [-0.3, -0.25) is 4.84 Å². The third kappa shape index (κ3) is 1.68. The van der Waals surface area contributed by atoms with Gasteiger partial charge in [0.2, 0.25) is 0 Å². The fourth-order valence-corrected chi connectivity index (χ4v) is 2.27. The van der Waals surface area contributed by atoms with Crippen LogP contribution in [0.2, 0.25) is 5.02 Å². The molecule has 18 heavy (non-hydrogen) atoms. The standard InChI is InChI=1S/C14H12ClN2O/c1-9-3-5-11-13(7-9)17(18-2)14-8-10(15)4-6-12(14)16-11/h3-8H,1-2H3/q+1. The van der Waals surface area contributed by atoms with Crippen molar-refractivity contribution in [1.82, 2.24) is 4.98 Å². The zero-order valence-electron chi connectivity index (χ0n) is 10.1. The molecule has 0 amide bonds. The van der Waals surface area contributed by atoms with E-state index >= 15 is 0 Å². The molecule has 0 saturated heterocycles. The van der Waals surface area contributed by atoms with Gasteiger partial charge in [-0.15, -0.1) is 0 Å². The normalized spacial score (nSPS) is 11.1. The van der Waals surface area contributed by atoms with Gasteiger partial charge in [-0.25, -0.2) is 4.98 Å². The van der Waals surface area contributed by atoms with Crippen LogP contribution in [0.3, 0.4) is 0 Å². The van der Waals surface area contributed by atoms with Crippen LogP contribution in [-0.4, -0.2) is 12.1 Å². The molecule has 90 valence electrons. The summed E-state index contributed by atoms with van der Waals surface area (Å²) in [6.45, 7) is 2.04. The smallest absolute Gasteiger partial charge is 0.273 e. The van der Waals surface area contributed by atoms with Gasteiger partial charge >= 0.3 is 0 Å². The molecular weight excluding hydrogens is 248 g/mol. The maximum Gasteiger partial charge on any atom is 0.285 e. The highest BCUT2D eigenvalue weighted by Gasteiger charge is 2.18. The van der Waals surface area contributed by atoms with Crippen molar-refractivity contribution < 1.29 is 9.57 Å². The Kier molecular flexibility index (Phi) is 2.56. The molecule has 1 aromatic heterocycles. The minimum absolute atomic E-state index is 0.669. The number of hydrogen-bond acceptors (Lipinski definition) is 2. The Labute approximate surface area is 110 Å². The molecule has 0 aliphatic heterocycles. The van der Waals surface area contributed by atoms with E-state index in [9.17, 15) is 0 Å². The van der Waals surface area contributed by atoms with Crippen molar-refractivity contribution in [2.45, 2.75) is 6.92 Å². The van der Waals surface area contributed by atoms with Crippen LogP contribution < -0.4 is 9.57 Å². The molecule has 0 radical (unpaired) electrons. The third-order valence-electron chi connectivity index (χ3n) is 2.93. The molecule has 0 aliphatic carbocycles. The van der Waals surface area contributed by atoms with Crippen LogP contribution in [0.4, 0.5) is 0 Å². The lowest BCUT2D eigenvalue weighted by Crippen LogP contribution is -2.42. The summed E-state index contributed by atoms with van der Waals surface area (Å²) < 4.78 is 1.76. The number of fused-ring (bicyclic) bond motifs is 2. The molecule has 0 atom stereocenters. The van der Waals surface area contributed by atoms with Gasteiger partial charge in [0.15, 0.2) is 0 Å². The highest BCUT2D eigenvalue weighted by molar-refractivity contribution is 6.31. The molecule has 3 aromatic rings. The van der Waals surface area contributed by atoms with Crippen LogP contribution in [0.15, 0.2) is 36.4 Å². The Bertz CT molecular complexity index is 695. The van der Waals surface area contributed by atoms with Gasteiger partial charge in [0, 0.05) is 21.9 Å².